The highest BCUT2D eigenvalue weighted by Gasteiger charge is 2.44. The smallest absolute Gasteiger partial charge is 0.0791 e. The topological polar surface area (TPSA) is 44.7 Å². The van der Waals surface area contributed by atoms with Gasteiger partial charge in [-0.25, -0.2) is 0 Å². The first-order chi connectivity index (χ1) is 10.2. The minimum atomic E-state index is -0.347. The third kappa shape index (κ3) is 3.96. The number of hydrogen-bond acceptors (Lipinski definition) is 4. The van der Waals surface area contributed by atoms with Crippen LogP contribution in [0, 0.1) is 0 Å². The van der Waals surface area contributed by atoms with Crippen LogP contribution in [0.2, 0.25) is 5.02 Å². The van der Waals surface area contributed by atoms with E-state index in [1.165, 1.54) is 5.56 Å². The molecule has 0 spiro atoms. The molecular weight excluding hydrogens is 288 g/mol. The van der Waals surface area contributed by atoms with Crippen LogP contribution in [0.5, 0.6) is 0 Å². The Labute approximate surface area is 131 Å². The minimum absolute atomic E-state index is 0.0247. The van der Waals surface area contributed by atoms with E-state index in [0.717, 1.165) is 44.2 Å². The van der Waals surface area contributed by atoms with Crippen LogP contribution in [0.25, 0.3) is 0 Å². The fourth-order valence-electron chi connectivity index (χ4n) is 2.94. The van der Waals surface area contributed by atoms with E-state index in [4.69, 9.17) is 16.3 Å². The molecule has 1 atom stereocenters. The molecular formula is C16H23ClN2O2. The Morgan fingerprint density at radius 1 is 1.33 bits per heavy atom. The molecule has 3 rings (SSSR count). The molecule has 1 saturated carbocycles. The molecule has 5 heteroatoms. The second kappa shape index (κ2) is 6.63. The molecule has 116 valence electrons. The molecule has 2 N–H and O–H groups in total. The number of rotatable bonds is 6. The van der Waals surface area contributed by atoms with Crippen LogP contribution in [0.3, 0.4) is 0 Å². The summed E-state index contributed by atoms with van der Waals surface area (Å²) in [6.45, 7) is 4.69. The largest absolute Gasteiger partial charge is 0.390 e. The Bertz CT molecular complexity index is 473. The normalized spacial score (nSPS) is 23.0. The van der Waals surface area contributed by atoms with Crippen molar-refractivity contribution < 1.29 is 9.84 Å². The predicted octanol–water partition coefficient (Wildman–Crippen LogP) is 1.61. The van der Waals surface area contributed by atoms with Crippen LogP contribution in [-0.4, -0.2) is 55.5 Å². The predicted molar refractivity (Wildman–Crippen MR) is 83.6 cm³/mol. The molecule has 4 nitrogen and oxygen atoms in total. The van der Waals surface area contributed by atoms with E-state index in [2.05, 4.69) is 16.3 Å². The van der Waals surface area contributed by atoms with Crippen molar-refractivity contribution in [2.45, 2.75) is 24.5 Å². The molecule has 1 saturated heterocycles. The zero-order valence-electron chi connectivity index (χ0n) is 12.2. The van der Waals surface area contributed by atoms with Gasteiger partial charge in [0.2, 0.25) is 0 Å². The van der Waals surface area contributed by atoms with Gasteiger partial charge in [-0.15, -0.1) is 0 Å². The van der Waals surface area contributed by atoms with Crippen molar-refractivity contribution in [1.29, 1.82) is 0 Å². The summed E-state index contributed by atoms with van der Waals surface area (Å²) in [5.41, 5.74) is 1.25. The Hall–Kier alpha value is -0.650. The lowest BCUT2D eigenvalue weighted by Gasteiger charge is -2.29. The van der Waals surface area contributed by atoms with Crippen LogP contribution in [0.1, 0.15) is 18.4 Å². The number of aliphatic hydroxyl groups excluding tert-OH is 1. The zero-order valence-corrected chi connectivity index (χ0v) is 13.0. The van der Waals surface area contributed by atoms with E-state index in [1.807, 2.05) is 18.2 Å². The second-order valence-electron chi connectivity index (χ2n) is 6.04. The van der Waals surface area contributed by atoms with Crippen LogP contribution in [0.4, 0.5) is 0 Å². The Balaban J connectivity index is 1.50. The van der Waals surface area contributed by atoms with Crippen molar-refractivity contribution in [3.8, 4) is 0 Å². The number of nitrogens with zero attached hydrogens (tertiary/aromatic N) is 1. The minimum Gasteiger partial charge on any atom is -0.390 e. The van der Waals surface area contributed by atoms with Crippen molar-refractivity contribution in [3.63, 3.8) is 0 Å². The van der Waals surface area contributed by atoms with Crippen LogP contribution < -0.4 is 5.32 Å². The summed E-state index contributed by atoms with van der Waals surface area (Å²) in [6, 6.07) is 8.02. The number of hydrogen-bond donors (Lipinski definition) is 2. The molecule has 1 heterocycles. The average Bonchev–Trinajstić information content (AvgIpc) is 3.28. The lowest BCUT2D eigenvalue weighted by molar-refractivity contribution is 0.0142. The summed E-state index contributed by atoms with van der Waals surface area (Å²) in [5.74, 6) is 0. The third-order valence-electron chi connectivity index (χ3n) is 4.38. The molecule has 1 aliphatic heterocycles. The van der Waals surface area contributed by atoms with E-state index in [0.29, 0.717) is 13.1 Å². The highest BCUT2D eigenvalue weighted by atomic mass is 35.5. The van der Waals surface area contributed by atoms with Crippen molar-refractivity contribution in [3.05, 3.63) is 34.9 Å². The van der Waals surface area contributed by atoms with Crippen molar-refractivity contribution in [2.75, 3.05) is 39.4 Å². The molecule has 0 aromatic heterocycles. The molecule has 0 bridgehead atoms. The zero-order chi connectivity index (χ0) is 14.7. The quantitative estimate of drug-likeness (QED) is 0.838. The summed E-state index contributed by atoms with van der Waals surface area (Å²) in [5, 5.41) is 14.5. The molecule has 1 unspecified atom stereocenters. The molecule has 0 radical (unpaired) electrons. The molecule has 1 aromatic carbocycles. The summed E-state index contributed by atoms with van der Waals surface area (Å²) >= 11 is 6.07. The number of nitrogens with one attached hydrogen (secondary N) is 1. The standard InChI is InChI=1S/C16H23ClN2O2/c17-14-3-1-2-13(10-14)16(4-5-16)18-11-15(20)12-19-6-8-21-9-7-19/h1-3,10,15,18,20H,4-9,11-12H2. The maximum Gasteiger partial charge on any atom is 0.0791 e. The van der Waals surface area contributed by atoms with Gasteiger partial charge < -0.3 is 15.2 Å². The molecule has 1 aliphatic carbocycles. The van der Waals surface area contributed by atoms with Gasteiger partial charge >= 0.3 is 0 Å². The monoisotopic (exact) mass is 310 g/mol. The van der Waals surface area contributed by atoms with E-state index in [-0.39, 0.29) is 11.6 Å². The Morgan fingerprint density at radius 3 is 2.76 bits per heavy atom. The number of aliphatic hydroxyl groups is 1. The summed E-state index contributed by atoms with van der Waals surface area (Å²) in [7, 11) is 0. The highest BCUT2D eigenvalue weighted by Crippen LogP contribution is 2.45. The molecule has 2 fully saturated rings. The first-order valence-electron chi connectivity index (χ1n) is 7.67. The van der Waals surface area contributed by atoms with Crippen LogP contribution in [0.15, 0.2) is 24.3 Å². The van der Waals surface area contributed by atoms with Gasteiger partial charge in [-0.3, -0.25) is 4.90 Å². The molecule has 21 heavy (non-hydrogen) atoms. The van der Waals surface area contributed by atoms with Gasteiger partial charge in [0.15, 0.2) is 0 Å². The van der Waals surface area contributed by atoms with Crippen molar-refractivity contribution in [1.82, 2.24) is 10.2 Å². The number of ether oxygens (including phenoxy) is 1. The van der Waals surface area contributed by atoms with Gasteiger partial charge in [-0.1, -0.05) is 23.7 Å². The highest BCUT2D eigenvalue weighted by molar-refractivity contribution is 6.30. The fourth-order valence-corrected chi connectivity index (χ4v) is 3.13. The van der Waals surface area contributed by atoms with Gasteiger partial charge in [0.1, 0.15) is 0 Å². The summed E-state index contributed by atoms with van der Waals surface area (Å²) in [4.78, 5) is 2.26. The summed E-state index contributed by atoms with van der Waals surface area (Å²) < 4.78 is 5.32. The SMILES string of the molecule is OC(CNC1(c2cccc(Cl)c2)CC1)CN1CCOCC1. The van der Waals surface area contributed by atoms with Gasteiger partial charge in [-0.05, 0) is 30.5 Å². The molecule has 2 aliphatic rings. The van der Waals surface area contributed by atoms with Crippen molar-refractivity contribution >= 4 is 11.6 Å². The van der Waals surface area contributed by atoms with Crippen LogP contribution in [-0.2, 0) is 10.3 Å². The summed E-state index contributed by atoms with van der Waals surface area (Å²) in [6.07, 6.45) is 1.87. The second-order valence-corrected chi connectivity index (χ2v) is 6.48. The number of β-amino-alcohol motifs (C(OH)–C–C–N with tert-alkyl or cyclic N) is 1. The van der Waals surface area contributed by atoms with Gasteiger partial charge in [0.25, 0.3) is 0 Å². The first-order valence-corrected chi connectivity index (χ1v) is 8.05. The lowest BCUT2D eigenvalue weighted by Crippen LogP contribution is -2.45. The Kier molecular flexibility index (Phi) is 4.82. The number of morpholine rings is 1. The Morgan fingerprint density at radius 2 is 2.10 bits per heavy atom. The average molecular weight is 311 g/mol. The van der Waals surface area contributed by atoms with E-state index < -0.39 is 0 Å². The fraction of sp³-hybridized carbons (Fsp3) is 0.625. The lowest BCUT2D eigenvalue weighted by atomic mass is 10.0. The maximum atomic E-state index is 10.2. The van der Waals surface area contributed by atoms with E-state index in [9.17, 15) is 5.11 Å². The maximum absolute atomic E-state index is 10.2. The number of benzene rings is 1. The molecule has 1 aromatic rings. The van der Waals surface area contributed by atoms with Crippen LogP contribution >= 0.6 is 11.6 Å². The van der Waals surface area contributed by atoms with Gasteiger partial charge in [0, 0.05) is 36.7 Å². The first kappa shape index (κ1) is 15.3. The van der Waals surface area contributed by atoms with Crippen molar-refractivity contribution in [2.24, 2.45) is 0 Å². The van der Waals surface area contributed by atoms with Gasteiger partial charge in [-0.2, -0.15) is 0 Å². The number of halogens is 1. The van der Waals surface area contributed by atoms with E-state index in [1.54, 1.807) is 0 Å². The molecule has 0 amide bonds. The third-order valence-corrected chi connectivity index (χ3v) is 4.61. The van der Waals surface area contributed by atoms with Gasteiger partial charge in [0.05, 0.1) is 19.3 Å². The van der Waals surface area contributed by atoms with E-state index >= 15 is 0 Å².